The predicted molar refractivity (Wildman–Crippen MR) is 123 cm³/mol. The van der Waals surface area contributed by atoms with E-state index in [1.165, 1.54) is 22.3 Å². The van der Waals surface area contributed by atoms with Crippen molar-refractivity contribution in [3.63, 3.8) is 0 Å². The molecule has 3 aromatic carbocycles. The first-order valence-corrected chi connectivity index (χ1v) is 11.2. The van der Waals surface area contributed by atoms with Crippen molar-refractivity contribution >= 4 is 17.9 Å². The Hall–Kier alpha value is -3.16. The summed E-state index contributed by atoms with van der Waals surface area (Å²) in [5.74, 6) is 6.37. The van der Waals surface area contributed by atoms with Crippen molar-refractivity contribution in [1.29, 1.82) is 0 Å². The lowest BCUT2D eigenvalue weighted by Crippen LogP contribution is -2.26. The zero-order valence-corrected chi connectivity index (χ0v) is 17.7. The molecule has 4 rings (SSSR count). The third kappa shape index (κ3) is 4.37. The number of carbonyl (C=O) groups excluding carboxylic acids is 1. The topological polar surface area (TPSA) is 38.3 Å². The van der Waals surface area contributed by atoms with Crippen molar-refractivity contribution in [3.05, 3.63) is 89.5 Å². The normalized spacial score (nSPS) is 11.8. The van der Waals surface area contributed by atoms with Gasteiger partial charge in [0, 0.05) is 29.3 Å². The summed E-state index contributed by atoms with van der Waals surface area (Å²) >= 11 is 1.68. The zero-order chi connectivity index (χ0) is 20.8. The van der Waals surface area contributed by atoms with Gasteiger partial charge in [0.1, 0.15) is 6.61 Å². The molecule has 3 aromatic rings. The van der Waals surface area contributed by atoms with Crippen LogP contribution in [0.5, 0.6) is 0 Å². The quantitative estimate of drug-likeness (QED) is 0.332. The largest absolute Gasteiger partial charge is 0.449 e. The number of benzene rings is 3. The van der Waals surface area contributed by atoms with Crippen LogP contribution in [-0.2, 0) is 4.74 Å². The third-order valence-electron chi connectivity index (χ3n) is 5.19. The van der Waals surface area contributed by atoms with E-state index in [0.717, 1.165) is 10.5 Å². The van der Waals surface area contributed by atoms with E-state index >= 15 is 0 Å². The Morgan fingerprint density at radius 1 is 0.967 bits per heavy atom. The van der Waals surface area contributed by atoms with Gasteiger partial charge in [0.05, 0.1) is 0 Å². The van der Waals surface area contributed by atoms with Gasteiger partial charge in [-0.2, -0.15) is 0 Å². The second-order valence-electron chi connectivity index (χ2n) is 7.00. The van der Waals surface area contributed by atoms with Gasteiger partial charge in [-0.1, -0.05) is 72.5 Å². The number of carbonyl (C=O) groups is 1. The monoisotopic (exact) mass is 413 g/mol. The number of thioether (sulfide) groups is 1. The fourth-order valence-electron chi connectivity index (χ4n) is 3.78. The predicted octanol–water partition coefficient (Wildman–Crippen LogP) is 5.69. The van der Waals surface area contributed by atoms with Crippen LogP contribution in [-0.4, -0.2) is 25.5 Å². The molecule has 1 aliphatic carbocycles. The van der Waals surface area contributed by atoms with Gasteiger partial charge in [-0.15, -0.1) is 11.8 Å². The molecule has 0 heterocycles. The van der Waals surface area contributed by atoms with Gasteiger partial charge in [-0.05, 0) is 40.6 Å². The molecular weight excluding hydrogens is 390 g/mol. The van der Waals surface area contributed by atoms with Crippen molar-refractivity contribution in [2.75, 3.05) is 19.4 Å². The van der Waals surface area contributed by atoms with Crippen LogP contribution in [0.1, 0.15) is 29.0 Å². The van der Waals surface area contributed by atoms with Crippen LogP contribution in [0.3, 0.4) is 0 Å². The maximum Gasteiger partial charge on any atom is 0.407 e. The zero-order valence-electron chi connectivity index (χ0n) is 16.9. The fourth-order valence-corrected chi connectivity index (χ4v) is 4.34. The van der Waals surface area contributed by atoms with Gasteiger partial charge in [0.15, 0.2) is 0 Å². The first-order chi connectivity index (χ1) is 14.8. The molecule has 0 radical (unpaired) electrons. The number of hydrogen-bond donors (Lipinski definition) is 1. The summed E-state index contributed by atoms with van der Waals surface area (Å²) < 4.78 is 5.54. The highest BCUT2D eigenvalue weighted by atomic mass is 32.2. The maximum absolute atomic E-state index is 12.2. The number of fused-ring (bicyclic) bond motifs is 3. The molecule has 0 atom stereocenters. The first kappa shape index (κ1) is 20.1. The second-order valence-corrected chi connectivity index (χ2v) is 7.85. The minimum absolute atomic E-state index is 0.0750. The van der Waals surface area contributed by atoms with E-state index in [9.17, 15) is 4.79 Å². The van der Waals surface area contributed by atoms with Crippen LogP contribution in [0.25, 0.3) is 11.1 Å². The minimum atomic E-state index is -0.400. The van der Waals surface area contributed by atoms with E-state index in [1.54, 1.807) is 11.8 Å². The number of amides is 1. The van der Waals surface area contributed by atoms with Gasteiger partial charge in [-0.3, -0.25) is 0 Å². The number of alkyl carbamates (subject to hydrolysis) is 1. The molecule has 0 unspecified atom stereocenters. The van der Waals surface area contributed by atoms with Crippen LogP contribution in [0.4, 0.5) is 4.79 Å². The summed E-state index contributed by atoms with van der Waals surface area (Å²) in [6.45, 7) is 0.789. The van der Waals surface area contributed by atoms with Gasteiger partial charge < -0.3 is 10.1 Å². The molecule has 3 nitrogen and oxygen atoms in total. The van der Waals surface area contributed by atoms with Gasteiger partial charge in [0.2, 0.25) is 0 Å². The van der Waals surface area contributed by atoms with E-state index in [4.69, 9.17) is 4.74 Å². The summed E-state index contributed by atoms with van der Waals surface area (Å²) in [5.41, 5.74) is 5.90. The lowest BCUT2D eigenvalue weighted by Gasteiger charge is -2.14. The minimum Gasteiger partial charge on any atom is -0.449 e. The average molecular weight is 414 g/mol. The number of nitrogens with one attached hydrogen (secondary N) is 1. The van der Waals surface area contributed by atoms with Gasteiger partial charge in [-0.25, -0.2) is 4.79 Å². The van der Waals surface area contributed by atoms with Crippen molar-refractivity contribution < 1.29 is 9.53 Å². The summed E-state index contributed by atoms with van der Waals surface area (Å²) in [6, 6.07) is 24.7. The van der Waals surface area contributed by atoms with Crippen LogP contribution >= 0.6 is 11.8 Å². The number of hydrogen-bond acceptors (Lipinski definition) is 3. The van der Waals surface area contributed by atoms with E-state index in [-0.39, 0.29) is 5.92 Å². The van der Waals surface area contributed by atoms with Gasteiger partial charge in [0.25, 0.3) is 0 Å². The lowest BCUT2D eigenvalue weighted by molar-refractivity contribution is 0.143. The summed E-state index contributed by atoms with van der Waals surface area (Å²) in [4.78, 5) is 13.3. The Morgan fingerprint density at radius 2 is 1.60 bits per heavy atom. The molecule has 0 fully saturated rings. The highest BCUT2D eigenvalue weighted by Crippen LogP contribution is 2.44. The highest BCUT2D eigenvalue weighted by Gasteiger charge is 2.28. The van der Waals surface area contributed by atoms with Gasteiger partial charge >= 0.3 is 6.09 Å². The van der Waals surface area contributed by atoms with Crippen molar-refractivity contribution in [1.82, 2.24) is 5.32 Å². The summed E-state index contributed by atoms with van der Waals surface area (Å²) in [5, 5.41) is 2.80. The Labute approximate surface area is 181 Å². The lowest BCUT2D eigenvalue weighted by atomic mass is 9.98. The summed E-state index contributed by atoms with van der Waals surface area (Å²) in [7, 11) is 0. The third-order valence-corrected chi connectivity index (χ3v) is 5.99. The van der Waals surface area contributed by atoms with Crippen LogP contribution in [0.15, 0.2) is 77.7 Å². The van der Waals surface area contributed by atoms with Crippen molar-refractivity contribution in [3.8, 4) is 23.0 Å². The highest BCUT2D eigenvalue weighted by molar-refractivity contribution is 7.98. The molecule has 0 spiro atoms. The maximum atomic E-state index is 12.2. The molecule has 1 amide bonds. The van der Waals surface area contributed by atoms with E-state index in [0.29, 0.717) is 19.6 Å². The second kappa shape index (κ2) is 9.56. The molecule has 4 heteroatoms. The molecular formula is C26H23NO2S. The Bertz CT molecular complexity index is 1070. The molecule has 0 bridgehead atoms. The molecule has 0 saturated carbocycles. The van der Waals surface area contributed by atoms with Crippen molar-refractivity contribution in [2.45, 2.75) is 17.2 Å². The molecule has 150 valence electrons. The fraction of sp³-hybridized carbons (Fsp3) is 0.192. The smallest absolute Gasteiger partial charge is 0.407 e. The van der Waals surface area contributed by atoms with E-state index in [1.807, 2.05) is 48.7 Å². The number of ether oxygens (including phenoxy) is 1. The first-order valence-electron chi connectivity index (χ1n) is 9.98. The Balaban J connectivity index is 1.29. The standard InChI is InChI=1S/C26H23NO2S/c1-30-25-16-7-2-10-19(25)11-8-9-17-27-26(28)29-18-24-22-14-5-3-12-20(22)21-13-4-6-15-23(21)24/h2-7,10,12-16,24H,9,17-18H2,1H3,(H,27,28). The SMILES string of the molecule is CSc1ccccc1C#CCCNC(=O)OCC1c2ccccc2-c2ccccc21. The Morgan fingerprint density at radius 3 is 2.30 bits per heavy atom. The molecule has 1 aliphatic rings. The molecule has 1 N–H and O–H groups in total. The molecule has 0 saturated heterocycles. The molecule has 30 heavy (non-hydrogen) atoms. The summed E-state index contributed by atoms with van der Waals surface area (Å²) in [6.07, 6.45) is 2.22. The van der Waals surface area contributed by atoms with E-state index < -0.39 is 6.09 Å². The van der Waals surface area contributed by atoms with Crippen LogP contribution in [0, 0.1) is 11.8 Å². The average Bonchev–Trinajstić information content (AvgIpc) is 3.11. The van der Waals surface area contributed by atoms with E-state index in [2.05, 4.69) is 47.5 Å². The number of rotatable bonds is 5. The van der Waals surface area contributed by atoms with Crippen LogP contribution in [0.2, 0.25) is 0 Å². The molecule has 0 aliphatic heterocycles. The molecule has 0 aromatic heterocycles. The van der Waals surface area contributed by atoms with Crippen molar-refractivity contribution in [2.24, 2.45) is 0 Å². The Kier molecular flexibility index (Phi) is 6.41. The van der Waals surface area contributed by atoms with Crippen LogP contribution < -0.4 is 5.32 Å².